The molecule has 0 radical (unpaired) electrons. The molecule has 164 valence electrons. The molecular formula is C24H29ClN4O2. The van der Waals surface area contributed by atoms with E-state index in [9.17, 15) is 4.79 Å². The SMILES string of the molecule is O=C(NCC1CCC2(CCN(c3ncccn3)CC2)CO1)C1(c2ccc(Cl)cc2)CC1. The zero-order chi connectivity index (χ0) is 21.3. The van der Waals surface area contributed by atoms with Crippen LogP contribution in [0.4, 0.5) is 5.95 Å². The van der Waals surface area contributed by atoms with E-state index in [-0.39, 0.29) is 22.8 Å². The Bertz CT molecular complexity index is 899. The van der Waals surface area contributed by atoms with Crippen LogP contribution in [0.15, 0.2) is 42.7 Å². The summed E-state index contributed by atoms with van der Waals surface area (Å²) in [4.78, 5) is 23.9. The normalized spacial score (nSPS) is 24.0. The minimum absolute atomic E-state index is 0.103. The van der Waals surface area contributed by atoms with Gasteiger partial charge >= 0.3 is 0 Å². The van der Waals surface area contributed by atoms with Crippen LogP contribution in [0, 0.1) is 5.41 Å². The fraction of sp³-hybridized carbons (Fsp3) is 0.542. The smallest absolute Gasteiger partial charge is 0.230 e. The molecule has 1 atom stereocenters. The zero-order valence-corrected chi connectivity index (χ0v) is 18.5. The summed E-state index contributed by atoms with van der Waals surface area (Å²) in [5.74, 6) is 0.944. The van der Waals surface area contributed by atoms with Gasteiger partial charge in [0.15, 0.2) is 0 Å². The summed E-state index contributed by atoms with van der Waals surface area (Å²) >= 11 is 6.00. The number of halogens is 1. The fourth-order valence-electron chi connectivity index (χ4n) is 5.02. The summed E-state index contributed by atoms with van der Waals surface area (Å²) in [6.45, 7) is 3.31. The number of carbonyl (C=O) groups excluding carboxylic acids is 1. The summed E-state index contributed by atoms with van der Waals surface area (Å²) in [5, 5.41) is 3.87. The Kier molecular flexibility index (Phi) is 5.61. The summed E-state index contributed by atoms with van der Waals surface area (Å²) in [7, 11) is 0. The minimum Gasteiger partial charge on any atom is -0.376 e. The van der Waals surface area contributed by atoms with Gasteiger partial charge < -0.3 is 15.0 Å². The molecule has 1 amide bonds. The zero-order valence-electron chi connectivity index (χ0n) is 17.7. The lowest BCUT2D eigenvalue weighted by Crippen LogP contribution is -2.48. The number of benzene rings is 1. The van der Waals surface area contributed by atoms with Crippen LogP contribution in [0.25, 0.3) is 0 Å². The third-order valence-electron chi connectivity index (χ3n) is 7.35. The van der Waals surface area contributed by atoms with Crippen LogP contribution >= 0.6 is 11.6 Å². The number of hydrogen-bond acceptors (Lipinski definition) is 5. The van der Waals surface area contributed by atoms with E-state index in [1.165, 1.54) is 0 Å². The molecule has 3 fully saturated rings. The van der Waals surface area contributed by atoms with E-state index in [1.807, 2.05) is 30.3 Å². The van der Waals surface area contributed by atoms with Crippen LogP contribution in [0.2, 0.25) is 5.02 Å². The predicted molar refractivity (Wildman–Crippen MR) is 120 cm³/mol. The molecule has 6 nitrogen and oxygen atoms in total. The first kappa shape index (κ1) is 20.7. The molecule has 31 heavy (non-hydrogen) atoms. The molecule has 7 heteroatoms. The minimum atomic E-state index is -0.368. The number of anilines is 1. The molecule has 1 aliphatic carbocycles. The van der Waals surface area contributed by atoms with Crippen molar-refractivity contribution < 1.29 is 9.53 Å². The highest BCUT2D eigenvalue weighted by atomic mass is 35.5. The first-order chi connectivity index (χ1) is 15.1. The second-order valence-corrected chi connectivity index (χ2v) is 9.74. The fourth-order valence-corrected chi connectivity index (χ4v) is 5.15. The molecular weight excluding hydrogens is 412 g/mol. The van der Waals surface area contributed by atoms with Crippen molar-refractivity contribution >= 4 is 23.5 Å². The van der Waals surface area contributed by atoms with Gasteiger partial charge in [-0.1, -0.05) is 23.7 Å². The number of ether oxygens (including phenoxy) is 1. The average Bonchev–Trinajstić information content (AvgIpc) is 3.62. The van der Waals surface area contributed by atoms with Gasteiger partial charge in [0, 0.05) is 37.1 Å². The van der Waals surface area contributed by atoms with Crippen molar-refractivity contribution in [3.05, 3.63) is 53.3 Å². The monoisotopic (exact) mass is 440 g/mol. The van der Waals surface area contributed by atoms with Gasteiger partial charge in [0.05, 0.1) is 18.1 Å². The van der Waals surface area contributed by atoms with Crippen LogP contribution in [0.3, 0.4) is 0 Å². The number of aromatic nitrogens is 2. The Morgan fingerprint density at radius 2 is 1.81 bits per heavy atom. The topological polar surface area (TPSA) is 67.4 Å². The Labute approximate surface area is 188 Å². The van der Waals surface area contributed by atoms with E-state index in [1.54, 1.807) is 12.4 Å². The van der Waals surface area contributed by atoms with Gasteiger partial charge in [0.2, 0.25) is 11.9 Å². The Morgan fingerprint density at radius 1 is 1.10 bits per heavy atom. The lowest BCUT2D eigenvalue weighted by Gasteiger charge is -2.45. The number of piperidine rings is 1. The third kappa shape index (κ3) is 4.28. The third-order valence-corrected chi connectivity index (χ3v) is 7.60. The predicted octanol–water partition coefficient (Wildman–Crippen LogP) is 3.74. The molecule has 1 spiro atoms. The van der Waals surface area contributed by atoms with Crippen molar-refractivity contribution in [3.63, 3.8) is 0 Å². The molecule has 1 aromatic heterocycles. The molecule has 1 aromatic carbocycles. The molecule has 2 aromatic rings. The quantitative estimate of drug-likeness (QED) is 0.767. The average molecular weight is 441 g/mol. The van der Waals surface area contributed by atoms with E-state index < -0.39 is 0 Å². The van der Waals surface area contributed by atoms with Crippen molar-refractivity contribution in [2.45, 2.75) is 50.0 Å². The molecule has 2 aliphatic heterocycles. The van der Waals surface area contributed by atoms with Gasteiger partial charge in [-0.25, -0.2) is 9.97 Å². The van der Waals surface area contributed by atoms with Crippen molar-refractivity contribution in [2.75, 3.05) is 31.1 Å². The Balaban J connectivity index is 1.09. The van der Waals surface area contributed by atoms with E-state index in [0.29, 0.717) is 11.6 Å². The highest BCUT2D eigenvalue weighted by Gasteiger charge is 2.51. The Morgan fingerprint density at radius 3 is 2.42 bits per heavy atom. The largest absolute Gasteiger partial charge is 0.376 e. The maximum absolute atomic E-state index is 12.9. The van der Waals surface area contributed by atoms with Gasteiger partial charge in [0.25, 0.3) is 0 Å². The number of carbonyl (C=O) groups is 1. The molecule has 1 N–H and O–H groups in total. The first-order valence-electron chi connectivity index (χ1n) is 11.3. The lowest BCUT2D eigenvalue weighted by atomic mass is 9.73. The van der Waals surface area contributed by atoms with Crippen LogP contribution in [-0.2, 0) is 14.9 Å². The standard InChI is InChI=1S/C24H29ClN4O2/c25-19-4-2-18(3-5-19)24(8-9-24)21(30)28-16-20-6-7-23(17-31-20)10-14-29(15-11-23)22-26-12-1-13-27-22/h1-5,12-13,20H,6-11,14-17H2,(H,28,30). The molecule has 3 heterocycles. The van der Waals surface area contributed by atoms with E-state index in [4.69, 9.17) is 16.3 Å². The van der Waals surface area contributed by atoms with Crippen molar-refractivity contribution in [2.24, 2.45) is 5.41 Å². The number of nitrogens with one attached hydrogen (secondary N) is 1. The second-order valence-electron chi connectivity index (χ2n) is 9.31. The van der Waals surface area contributed by atoms with Gasteiger partial charge in [0.1, 0.15) is 0 Å². The van der Waals surface area contributed by atoms with E-state index >= 15 is 0 Å². The van der Waals surface area contributed by atoms with Crippen molar-refractivity contribution in [1.82, 2.24) is 15.3 Å². The summed E-state index contributed by atoms with van der Waals surface area (Å²) < 4.78 is 6.24. The van der Waals surface area contributed by atoms with E-state index in [2.05, 4.69) is 20.2 Å². The van der Waals surface area contributed by atoms with Gasteiger partial charge in [-0.3, -0.25) is 4.79 Å². The Hall–Kier alpha value is -2.18. The second kappa shape index (κ2) is 8.40. The van der Waals surface area contributed by atoms with Crippen LogP contribution in [-0.4, -0.2) is 48.2 Å². The number of nitrogens with zero attached hydrogens (tertiary/aromatic N) is 3. The maximum Gasteiger partial charge on any atom is 0.230 e. The highest BCUT2D eigenvalue weighted by Crippen LogP contribution is 2.48. The lowest BCUT2D eigenvalue weighted by molar-refractivity contribution is -0.125. The van der Waals surface area contributed by atoms with Crippen molar-refractivity contribution in [3.8, 4) is 0 Å². The van der Waals surface area contributed by atoms with Gasteiger partial charge in [-0.2, -0.15) is 0 Å². The summed E-state index contributed by atoms with van der Waals surface area (Å²) in [6.07, 6.45) is 9.85. The van der Waals surface area contributed by atoms with Crippen LogP contribution in [0.5, 0.6) is 0 Å². The molecule has 1 unspecified atom stereocenters. The summed E-state index contributed by atoms with van der Waals surface area (Å²) in [6, 6.07) is 9.53. The summed E-state index contributed by atoms with van der Waals surface area (Å²) in [5.41, 5.74) is 0.951. The highest BCUT2D eigenvalue weighted by molar-refractivity contribution is 6.30. The molecule has 5 rings (SSSR count). The van der Waals surface area contributed by atoms with Crippen molar-refractivity contribution in [1.29, 1.82) is 0 Å². The van der Waals surface area contributed by atoms with Gasteiger partial charge in [-0.05, 0) is 67.7 Å². The number of hydrogen-bond donors (Lipinski definition) is 1. The number of rotatable bonds is 5. The van der Waals surface area contributed by atoms with Gasteiger partial charge in [-0.15, -0.1) is 0 Å². The van der Waals surface area contributed by atoms with Crippen LogP contribution < -0.4 is 10.2 Å². The number of amides is 1. The first-order valence-corrected chi connectivity index (χ1v) is 11.6. The van der Waals surface area contributed by atoms with E-state index in [0.717, 1.165) is 69.7 Å². The molecule has 0 bridgehead atoms. The molecule has 2 saturated heterocycles. The molecule has 3 aliphatic rings. The maximum atomic E-state index is 12.9. The molecule has 1 saturated carbocycles. The van der Waals surface area contributed by atoms with Crippen LogP contribution in [0.1, 0.15) is 44.1 Å².